The Morgan fingerprint density at radius 3 is 2.52 bits per heavy atom. The molecular weight excluding hydrogens is 316 g/mol. The van der Waals surface area contributed by atoms with Crippen molar-refractivity contribution in [2.75, 3.05) is 11.9 Å². The van der Waals surface area contributed by atoms with Gasteiger partial charge in [0.15, 0.2) is 6.10 Å². The second-order valence-corrected chi connectivity index (χ2v) is 5.49. The molecule has 128 valence electrons. The Balaban J connectivity index is 2.05. The molecule has 0 heterocycles. The standard InChI is InChI=1S/C20H20N2O3/c1-4-13-21-20(24)17-7-5-6-8-18(17)22-19(23)15(3)25-16-11-9-14(2)10-12-16/h1,5-12,15H,13H2,2-3H3,(H,21,24)(H,22,23). The quantitative estimate of drug-likeness (QED) is 0.797. The summed E-state index contributed by atoms with van der Waals surface area (Å²) in [6.45, 7) is 3.74. The number of hydrogen-bond donors (Lipinski definition) is 2. The molecular formula is C20H20N2O3. The number of carbonyl (C=O) groups is 2. The lowest BCUT2D eigenvalue weighted by Crippen LogP contribution is -2.31. The molecule has 0 bridgehead atoms. The monoisotopic (exact) mass is 336 g/mol. The van der Waals surface area contributed by atoms with E-state index in [9.17, 15) is 9.59 Å². The zero-order chi connectivity index (χ0) is 18.2. The lowest BCUT2D eigenvalue weighted by molar-refractivity contribution is -0.122. The zero-order valence-corrected chi connectivity index (χ0v) is 14.2. The summed E-state index contributed by atoms with van der Waals surface area (Å²) in [4.78, 5) is 24.5. The van der Waals surface area contributed by atoms with Gasteiger partial charge in [0.1, 0.15) is 5.75 Å². The van der Waals surface area contributed by atoms with Gasteiger partial charge in [-0.15, -0.1) is 6.42 Å². The molecule has 5 nitrogen and oxygen atoms in total. The van der Waals surface area contributed by atoms with Gasteiger partial charge in [-0.2, -0.15) is 0 Å². The van der Waals surface area contributed by atoms with E-state index in [0.29, 0.717) is 17.0 Å². The molecule has 0 aliphatic heterocycles. The molecule has 0 aliphatic carbocycles. The lowest BCUT2D eigenvalue weighted by Gasteiger charge is -2.16. The van der Waals surface area contributed by atoms with E-state index >= 15 is 0 Å². The van der Waals surface area contributed by atoms with Crippen molar-refractivity contribution in [3.05, 3.63) is 59.7 Å². The number of anilines is 1. The van der Waals surface area contributed by atoms with Gasteiger partial charge in [0.25, 0.3) is 11.8 Å². The summed E-state index contributed by atoms with van der Waals surface area (Å²) in [7, 11) is 0. The summed E-state index contributed by atoms with van der Waals surface area (Å²) in [5.41, 5.74) is 1.85. The predicted molar refractivity (Wildman–Crippen MR) is 97.5 cm³/mol. The highest BCUT2D eigenvalue weighted by molar-refractivity contribution is 6.04. The first kappa shape index (κ1) is 18.1. The van der Waals surface area contributed by atoms with E-state index in [2.05, 4.69) is 16.6 Å². The van der Waals surface area contributed by atoms with Gasteiger partial charge in [-0.1, -0.05) is 35.7 Å². The summed E-state index contributed by atoms with van der Waals surface area (Å²) in [5, 5.41) is 5.30. The highest BCUT2D eigenvalue weighted by atomic mass is 16.5. The maximum absolute atomic E-state index is 12.4. The highest BCUT2D eigenvalue weighted by Gasteiger charge is 2.18. The molecule has 1 unspecified atom stereocenters. The normalized spacial score (nSPS) is 11.1. The minimum Gasteiger partial charge on any atom is -0.481 e. The molecule has 0 saturated carbocycles. The average Bonchev–Trinajstić information content (AvgIpc) is 2.62. The third-order valence-corrected chi connectivity index (χ3v) is 3.48. The first-order valence-corrected chi connectivity index (χ1v) is 7.86. The van der Waals surface area contributed by atoms with Crippen LogP contribution in [0.15, 0.2) is 48.5 Å². The van der Waals surface area contributed by atoms with Crippen molar-refractivity contribution in [3.63, 3.8) is 0 Å². The lowest BCUT2D eigenvalue weighted by atomic mass is 10.1. The molecule has 0 spiro atoms. The van der Waals surface area contributed by atoms with Crippen LogP contribution < -0.4 is 15.4 Å². The number of para-hydroxylation sites is 1. The van der Waals surface area contributed by atoms with Crippen molar-refractivity contribution in [2.24, 2.45) is 0 Å². The SMILES string of the molecule is C#CCNC(=O)c1ccccc1NC(=O)C(C)Oc1ccc(C)cc1. The fraction of sp³-hybridized carbons (Fsp3) is 0.200. The number of nitrogens with one attached hydrogen (secondary N) is 2. The Morgan fingerprint density at radius 2 is 1.84 bits per heavy atom. The van der Waals surface area contributed by atoms with Crippen LogP contribution in [0.3, 0.4) is 0 Å². The summed E-state index contributed by atoms with van der Waals surface area (Å²) in [6, 6.07) is 14.1. The predicted octanol–water partition coefficient (Wildman–Crippen LogP) is 2.76. The first-order chi connectivity index (χ1) is 12.0. The van der Waals surface area contributed by atoms with E-state index in [-0.39, 0.29) is 18.4 Å². The van der Waals surface area contributed by atoms with Gasteiger partial charge in [-0.25, -0.2) is 0 Å². The Bertz CT molecular complexity index is 791. The van der Waals surface area contributed by atoms with E-state index in [4.69, 9.17) is 11.2 Å². The summed E-state index contributed by atoms with van der Waals surface area (Å²) in [5.74, 6) is 2.25. The Labute approximate surface area is 147 Å². The van der Waals surface area contributed by atoms with Crippen LogP contribution in [0.1, 0.15) is 22.8 Å². The van der Waals surface area contributed by atoms with Crippen molar-refractivity contribution < 1.29 is 14.3 Å². The minimum atomic E-state index is -0.718. The van der Waals surface area contributed by atoms with Gasteiger partial charge < -0.3 is 15.4 Å². The molecule has 1 atom stereocenters. The first-order valence-electron chi connectivity index (χ1n) is 7.86. The molecule has 2 rings (SSSR count). The highest BCUT2D eigenvalue weighted by Crippen LogP contribution is 2.17. The van der Waals surface area contributed by atoms with Crippen molar-refractivity contribution in [3.8, 4) is 18.1 Å². The Kier molecular flexibility index (Phi) is 6.19. The summed E-state index contributed by atoms with van der Waals surface area (Å²) < 4.78 is 5.63. The van der Waals surface area contributed by atoms with Gasteiger partial charge >= 0.3 is 0 Å². The van der Waals surface area contributed by atoms with Crippen LogP contribution in [0.25, 0.3) is 0 Å². The van der Waals surface area contributed by atoms with Gasteiger partial charge in [0.05, 0.1) is 17.8 Å². The van der Waals surface area contributed by atoms with Crippen molar-refractivity contribution in [1.29, 1.82) is 0 Å². The average molecular weight is 336 g/mol. The Hall–Kier alpha value is -3.26. The number of ether oxygens (including phenoxy) is 1. The molecule has 2 N–H and O–H groups in total. The molecule has 5 heteroatoms. The number of benzene rings is 2. The molecule has 0 fully saturated rings. The number of carbonyl (C=O) groups excluding carboxylic acids is 2. The van der Waals surface area contributed by atoms with Crippen LogP contribution in [0.2, 0.25) is 0 Å². The van der Waals surface area contributed by atoms with Crippen LogP contribution >= 0.6 is 0 Å². The van der Waals surface area contributed by atoms with Gasteiger partial charge in [-0.3, -0.25) is 9.59 Å². The molecule has 0 saturated heterocycles. The number of rotatable bonds is 6. The van der Waals surface area contributed by atoms with Crippen molar-refractivity contribution in [2.45, 2.75) is 20.0 Å². The molecule has 2 aromatic carbocycles. The van der Waals surface area contributed by atoms with Crippen LogP contribution in [0.4, 0.5) is 5.69 Å². The third-order valence-electron chi connectivity index (χ3n) is 3.48. The van der Waals surface area contributed by atoms with Crippen LogP contribution in [-0.4, -0.2) is 24.5 Å². The molecule has 0 aromatic heterocycles. The number of aryl methyl sites for hydroxylation is 1. The fourth-order valence-corrected chi connectivity index (χ4v) is 2.13. The topological polar surface area (TPSA) is 67.4 Å². The van der Waals surface area contributed by atoms with E-state index in [0.717, 1.165) is 5.56 Å². The van der Waals surface area contributed by atoms with E-state index in [1.165, 1.54) is 0 Å². The maximum atomic E-state index is 12.4. The zero-order valence-electron chi connectivity index (χ0n) is 14.2. The summed E-state index contributed by atoms with van der Waals surface area (Å²) in [6.07, 6.45) is 4.43. The van der Waals surface area contributed by atoms with Crippen molar-refractivity contribution in [1.82, 2.24) is 5.32 Å². The maximum Gasteiger partial charge on any atom is 0.265 e. The Morgan fingerprint density at radius 1 is 1.16 bits per heavy atom. The van der Waals surface area contributed by atoms with E-state index in [1.807, 2.05) is 19.1 Å². The molecule has 25 heavy (non-hydrogen) atoms. The largest absolute Gasteiger partial charge is 0.481 e. The third kappa shape index (κ3) is 5.11. The minimum absolute atomic E-state index is 0.119. The van der Waals surface area contributed by atoms with Crippen LogP contribution in [-0.2, 0) is 4.79 Å². The fourth-order valence-electron chi connectivity index (χ4n) is 2.13. The smallest absolute Gasteiger partial charge is 0.265 e. The second kappa shape index (κ2) is 8.55. The number of terminal acetylenes is 1. The molecule has 2 aromatic rings. The molecule has 0 aliphatic rings. The number of amides is 2. The van der Waals surface area contributed by atoms with Crippen LogP contribution in [0, 0.1) is 19.3 Å². The van der Waals surface area contributed by atoms with E-state index < -0.39 is 6.10 Å². The summed E-state index contributed by atoms with van der Waals surface area (Å²) >= 11 is 0. The van der Waals surface area contributed by atoms with Crippen molar-refractivity contribution >= 4 is 17.5 Å². The number of hydrogen-bond acceptors (Lipinski definition) is 3. The van der Waals surface area contributed by atoms with Gasteiger partial charge in [0.2, 0.25) is 0 Å². The van der Waals surface area contributed by atoms with Gasteiger partial charge in [-0.05, 0) is 38.1 Å². The molecule has 0 radical (unpaired) electrons. The van der Waals surface area contributed by atoms with Gasteiger partial charge in [0, 0.05) is 0 Å². The van der Waals surface area contributed by atoms with E-state index in [1.54, 1.807) is 43.3 Å². The second-order valence-electron chi connectivity index (χ2n) is 5.49. The van der Waals surface area contributed by atoms with Crippen LogP contribution in [0.5, 0.6) is 5.75 Å². The molecule has 2 amide bonds.